The zero-order valence-electron chi connectivity index (χ0n) is 11.3. The number of fused-ring (bicyclic) bond motifs is 1. The number of nitrogens with zero attached hydrogens (tertiary/aromatic N) is 5. The Morgan fingerprint density at radius 3 is 2.71 bits per heavy atom. The van der Waals surface area contributed by atoms with E-state index in [1.165, 1.54) is 6.20 Å². The largest absolute Gasteiger partial charge is 0.322 e. The summed E-state index contributed by atoms with van der Waals surface area (Å²) >= 11 is 0. The van der Waals surface area contributed by atoms with Crippen molar-refractivity contribution in [3.63, 3.8) is 0 Å². The van der Waals surface area contributed by atoms with E-state index < -0.39 is 0 Å². The lowest BCUT2D eigenvalue weighted by molar-refractivity contribution is 0.719. The molecule has 1 atom stereocenters. The molecule has 1 unspecified atom stereocenters. The van der Waals surface area contributed by atoms with Gasteiger partial charge in [-0.3, -0.25) is 4.57 Å². The number of hydrogen-bond acceptors (Lipinski definition) is 5. The number of nitriles is 1. The van der Waals surface area contributed by atoms with Crippen LogP contribution < -0.4 is 5.73 Å². The van der Waals surface area contributed by atoms with E-state index in [9.17, 15) is 0 Å². The van der Waals surface area contributed by atoms with Gasteiger partial charge in [0.2, 0.25) is 0 Å². The maximum Gasteiger partial charge on any atom is 0.165 e. The second-order valence-corrected chi connectivity index (χ2v) is 4.46. The molecule has 0 saturated heterocycles. The van der Waals surface area contributed by atoms with E-state index >= 15 is 0 Å². The third kappa shape index (κ3) is 2.57. The Morgan fingerprint density at radius 1 is 1.29 bits per heavy atom. The Morgan fingerprint density at radius 2 is 2.10 bits per heavy atom. The molecule has 0 saturated carbocycles. The van der Waals surface area contributed by atoms with Crippen molar-refractivity contribution < 1.29 is 0 Å². The van der Waals surface area contributed by atoms with E-state index in [4.69, 9.17) is 11.0 Å². The normalized spacial score (nSPS) is 11.7. The first kappa shape index (κ1) is 14.9. The fourth-order valence-corrected chi connectivity index (χ4v) is 2.05. The first-order chi connectivity index (χ1) is 9.70. The molecule has 0 aliphatic carbocycles. The SMILES string of the molecule is CC(N)c1nc2cccnc2n1-c1ccc(C#N)cn1.Cl. The van der Waals surface area contributed by atoms with Crippen molar-refractivity contribution in [1.82, 2.24) is 19.5 Å². The van der Waals surface area contributed by atoms with Crippen molar-refractivity contribution in [2.24, 2.45) is 5.73 Å². The van der Waals surface area contributed by atoms with Crippen LogP contribution >= 0.6 is 12.4 Å². The van der Waals surface area contributed by atoms with Gasteiger partial charge in [0.1, 0.15) is 23.2 Å². The molecule has 3 aromatic heterocycles. The molecule has 3 rings (SSSR count). The Balaban J connectivity index is 0.00000161. The zero-order chi connectivity index (χ0) is 14.1. The van der Waals surface area contributed by atoms with E-state index in [1.54, 1.807) is 18.3 Å². The molecule has 0 amide bonds. The number of nitrogens with two attached hydrogens (primary N) is 1. The summed E-state index contributed by atoms with van der Waals surface area (Å²) in [6.07, 6.45) is 3.23. The van der Waals surface area contributed by atoms with Crippen LogP contribution in [0.15, 0.2) is 36.7 Å². The highest BCUT2D eigenvalue weighted by Crippen LogP contribution is 2.21. The smallest absolute Gasteiger partial charge is 0.165 e. The van der Waals surface area contributed by atoms with Gasteiger partial charge in [0.15, 0.2) is 5.65 Å². The summed E-state index contributed by atoms with van der Waals surface area (Å²) in [5.74, 6) is 1.34. The van der Waals surface area contributed by atoms with Crippen LogP contribution in [0.25, 0.3) is 17.0 Å². The minimum atomic E-state index is -0.248. The Kier molecular flexibility index (Phi) is 4.17. The van der Waals surface area contributed by atoms with Crippen molar-refractivity contribution in [1.29, 1.82) is 5.26 Å². The van der Waals surface area contributed by atoms with Gasteiger partial charge < -0.3 is 5.73 Å². The predicted molar refractivity (Wildman–Crippen MR) is 81.2 cm³/mol. The van der Waals surface area contributed by atoms with Crippen molar-refractivity contribution in [2.45, 2.75) is 13.0 Å². The summed E-state index contributed by atoms with van der Waals surface area (Å²) in [5, 5.41) is 8.83. The summed E-state index contributed by atoms with van der Waals surface area (Å²) in [5.41, 5.74) is 7.96. The molecule has 0 aliphatic rings. The standard InChI is InChI=1S/C14H12N6.ClH/c1-9(16)13-19-11-3-2-6-17-14(11)20(13)12-5-4-10(7-15)8-18-12;/h2-6,8-9H,16H2,1H3;1H. The number of pyridine rings is 2. The molecular formula is C14H13ClN6. The van der Waals surface area contributed by atoms with Crippen LogP contribution in [0.5, 0.6) is 0 Å². The van der Waals surface area contributed by atoms with Crippen molar-refractivity contribution in [3.05, 3.63) is 48.0 Å². The molecule has 2 N–H and O–H groups in total. The number of halogens is 1. The van der Waals surface area contributed by atoms with Gasteiger partial charge in [0.05, 0.1) is 11.6 Å². The maximum atomic E-state index is 8.83. The van der Waals surface area contributed by atoms with Crippen LogP contribution in [0.4, 0.5) is 0 Å². The van der Waals surface area contributed by atoms with Crippen molar-refractivity contribution in [2.75, 3.05) is 0 Å². The molecule has 3 aromatic rings. The molecule has 0 radical (unpaired) electrons. The van der Waals surface area contributed by atoms with Crippen LogP contribution in [0.1, 0.15) is 24.4 Å². The van der Waals surface area contributed by atoms with Gasteiger partial charge in [-0.25, -0.2) is 15.0 Å². The van der Waals surface area contributed by atoms with Gasteiger partial charge in [-0.1, -0.05) is 0 Å². The third-order valence-corrected chi connectivity index (χ3v) is 2.96. The van der Waals surface area contributed by atoms with E-state index in [2.05, 4.69) is 15.0 Å². The lowest BCUT2D eigenvalue weighted by atomic mass is 10.3. The molecular weight excluding hydrogens is 288 g/mol. The van der Waals surface area contributed by atoms with Crippen LogP contribution in [0.2, 0.25) is 0 Å². The molecule has 3 heterocycles. The first-order valence-electron chi connectivity index (χ1n) is 6.16. The van der Waals surface area contributed by atoms with Gasteiger partial charge in [0.25, 0.3) is 0 Å². The molecule has 0 bridgehead atoms. The van der Waals surface area contributed by atoms with E-state index in [0.717, 1.165) is 5.52 Å². The molecule has 106 valence electrons. The first-order valence-corrected chi connectivity index (χ1v) is 6.16. The molecule has 7 heteroatoms. The summed E-state index contributed by atoms with van der Waals surface area (Å²) in [6.45, 7) is 1.86. The van der Waals surface area contributed by atoms with Gasteiger partial charge in [0, 0.05) is 12.4 Å². The highest BCUT2D eigenvalue weighted by Gasteiger charge is 2.16. The zero-order valence-corrected chi connectivity index (χ0v) is 12.1. The predicted octanol–water partition coefficient (Wildman–Crippen LogP) is 2.13. The Hall–Kier alpha value is -2.49. The minimum absolute atomic E-state index is 0. The summed E-state index contributed by atoms with van der Waals surface area (Å²) < 4.78 is 1.82. The summed E-state index contributed by atoms with van der Waals surface area (Å²) in [6, 6.07) is 8.99. The number of hydrogen-bond donors (Lipinski definition) is 1. The number of imidazole rings is 1. The third-order valence-electron chi connectivity index (χ3n) is 2.96. The maximum absolute atomic E-state index is 8.83. The van der Waals surface area contributed by atoms with Crippen LogP contribution in [0, 0.1) is 11.3 Å². The second kappa shape index (κ2) is 5.87. The second-order valence-electron chi connectivity index (χ2n) is 4.46. The van der Waals surface area contributed by atoms with E-state index in [1.807, 2.05) is 29.7 Å². The highest BCUT2D eigenvalue weighted by atomic mass is 35.5. The molecule has 0 spiro atoms. The van der Waals surface area contributed by atoms with Crippen LogP contribution in [-0.4, -0.2) is 19.5 Å². The molecule has 0 aliphatic heterocycles. The van der Waals surface area contributed by atoms with Crippen molar-refractivity contribution >= 4 is 23.6 Å². The Bertz CT molecular complexity index is 800. The fourth-order valence-electron chi connectivity index (χ4n) is 2.05. The molecule has 0 fully saturated rings. The van der Waals surface area contributed by atoms with Gasteiger partial charge in [-0.15, -0.1) is 12.4 Å². The van der Waals surface area contributed by atoms with Gasteiger partial charge >= 0.3 is 0 Å². The molecule has 21 heavy (non-hydrogen) atoms. The summed E-state index contributed by atoms with van der Waals surface area (Å²) in [7, 11) is 0. The number of rotatable bonds is 2. The van der Waals surface area contributed by atoms with E-state index in [-0.39, 0.29) is 18.4 Å². The van der Waals surface area contributed by atoms with E-state index in [0.29, 0.717) is 22.9 Å². The monoisotopic (exact) mass is 300 g/mol. The number of aromatic nitrogens is 4. The minimum Gasteiger partial charge on any atom is -0.322 e. The Labute approximate surface area is 127 Å². The lowest BCUT2D eigenvalue weighted by Crippen LogP contribution is -2.13. The molecule has 0 aromatic carbocycles. The quantitative estimate of drug-likeness (QED) is 0.782. The van der Waals surface area contributed by atoms with Crippen LogP contribution in [-0.2, 0) is 0 Å². The topological polar surface area (TPSA) is 93.4 Å². The van der Waals surface area contributed by atoms with Gasteiger partial charge in [-0.2, -0.15) is 5.26 Å². The fraction of sp³-hybridized carbons (Fsp3) is 0.143. The average molecular weight is 301 g/mol. The highest BCUT2D eigenvalue weighted by molar-refractivity contribution is 5.85. The molecule has 6 nitrogen and oxygen atoms in total. The van der Waals surface area contributed by atoms with Crippen molar-refractivity contribution in [3.8, 4) is 11.9 Å². The average Bonchev–Trinajstić information content (AvgIpc) is 2.87. The van der Waals surface area contributed by atoms with Gasteiger partial charge in [-0.05, 0) is 31.2 Å². The summed E-state index contributed by atoms with van der Waals surface area (Å²) in [4.78, 5) is 13.1. The van der Waals surface area contributed by atoms with Crippen LogP contribution in [0.3, 0.4) is 0 Å². The lowest BCUT2D eigenvalue weighted by Gasteiger charge is -2.09.